The van der Waals surface area contributed by atoms with E-state index in [0.717, 1.165) is 24.7 Å². The smallest absolute Gasteiger partial charge is 0.137 e. The van der Waals surface area contributed by atoms with E-state index in [1.54, 1.807) is 6.20 Å². The fraction of sp³-hybridized carbons (Fsp3) is 0.688. The second-order valence-electron chi connectivity index (χ2n) is 4.31. The molecule has 0 N–H and O–H groups in total. The number of ether oxygens (including phenoxy) is 1. The standard InChI is InChI=1S/C12H19N3O.2C2H6/c1-4-16-11-5-6-12(13-7-11)15-8-10(9-15)14(2)3;2*1-2/h5-7,10H,4,8-9H2,1-3H3;2*1-2H3. The van der Waals surface area contributed by atoms with Gasteiger partial charge in [0, 0.05) is 19.1 Å². The van der Waals surface area contributed by atoms with Gasteiger partial charge in [-0.05, 0) is 33.2 Å². The van der Waals surface area contributed by atoms with Crippen LogP contribution < -0.4 is 9.64 Å². The maximum atomic E-state index is 5.36. The average molecular weight is 281 g/mol. The molecule has 1 fully saturated rings. The van der Waals surface area contributed by atoms with E-state index in [2.05, 4.69) is 28.9 Å². The van der Waals surface area contributed by atoms with Crippen LogP contribution >= 0.6 is 0 Å². The van der Waals surface area contributed by atoms with Gasteiger partial charge in [0.1, 0.15) is 11.6 Å². The van der Waals surface area contributed by atoms with Gasteiger partial charge in [-0.25, -0.2) is 4.98 Å². The molecule has 0 radical (unpaired) electrons. The highest BCUT2D eigenvalue weighted by Gasteiger charge is 2.28. The molecule has 20 heavy (non-hydrogen) atoms. The van der Waals surface area contributed by atoms with Crippen LogP contribution in [-0.2, 0) is 0 Å². The Morgan fingerprint density at radius 2 is 1.80 bits per heavy atom. The molecule has 1 aromatic heterocycles. The average Bonchev–Trinajstić information content (AvgIpc) is 2.43. The Balaban J connectivity index is 0.000000829. The van der Waals surface area contributed by atoms with Crippen molar-refractivity contribution in [3.8, 4) is 5.75 Å². The van der Waals surface area contributed by atoms with Crippen LogP contribution in [0.15, 0.2) is 18.3 Å². The Hall–Kier alpha value is -1.29. The fourth-order valence-electron chi connectivity index (χ4n) is 1.78. The third kappa shape index (κ3) is 5.37. The summed E-state index contributed by atoms with van der Waals surface area (Å²) in [4.78, 5) is 8.93. The van der Waals surface area contributed by atoms with Gasteiger partial charge in [0.2, 0.25) is 0 Å². The molecule has 0 spiro atoms. The van der Waals surface area contributed by atoms with Gasteiger partial charge in [-0.3, -0.25) is 0 Å². The lowest BCUT2D eigenvalue weighted by Gasteiger charge is -2.43. The lowest BCUT2D eigenvalue weighted by molar-refractivity contribution is 0.246. The molecule has 1 aromatic rings. The molecule has 0 unspecified atom stereocenters. The first-order chi connectivity index (χ1) is 9.70. The van der Waals surface area contributed by atoms with Crippen LogP contribution in [0.4, 0.5) is 5.82 Å². The Labute approximate surface area is 124 Å². The minimum Gasteiger partial charge on any atom is -0.492 e. The number of nitrogens with zero attached hydrogens (tertiary/aromatic N) is 3. The van der Waals surface area contributed by atoms with E-state index in [1.807, 2.05) is 46.8 Å². The lowest BCUT2D eigenvalue weighted by Crippen LogP contribution is -2.57. The van der Waals surface area contributed by atoms with E-state index in [-0.39, 0.29) is 0 Å². The molecule has 0 aromatic carbocycles. The van der Waals surface area contributed by atoms with Gasteiger partial charge < -0.3 is 14.5 Å². The van der Waals surface area contributed by atoms with Gasteiger partial charge in [0.25, 0.3) is 0 Å². The van der Waals surface area contributed by atoms with Gasteiger partial charge in [-0.15, -0.1) is 0 Å². The molecular weight excluding hydrogens is 250 g/mol. The number of hydrogen-bond acceptors (Lipinski definition) is 4. The molecule has 116 valence electrons. The number of hydrogen-bond donors (Lipinski definition) is 0. The SMILES string of the molecule is CC.CC.CCOc1ccc(N2CC(N(C)C)C2)nc1. The van der Waals surface area contributed by atoms with Gasteiger partial charge in [0.05, 0.1) is 12.8 Å². The number of aromatic nitrogens is 1. The molecule has 1 aliphatic rings. The van der Waals surface area contributed by atoms with Crippen LogP contribution in [-0.4, -0.2) is 49.7 Å². The minimum atomic E-state index is 0.661. The van der Waals surface area contributed by atoms with Crippen LogP contribution in [0.25, 0.3) is 0 Å². The zero-order valence-electron chi connectivity index (χ0n) is 14.2. The molecule has 0 bridgehead atoms. The summed E-state index contributed by atoms with van der Waals surface area (Å²) < 4.78 is 5.36. The summed E-state index contributed by atoms with van der Waals surface area (Å²) in [7, 11) is 4.24. The molecule has 2 rings (SSSR count). The zero-order chi connectivity index (χ0) is 15.5. The topological polar surface area (TPSA) is 28.6 Å². The first-order valence-corrected chi connectivity index (χ1v) is 7.71. The van der Waals surface area contributed by atoms with Crippen molar-refractivity contribution in [1.82, 2.24) is 9.88 Å². The lowest BCUT2D eigenvalue weighted by atomic mass is 10.1. The maximum absolute atomic E-state index is 5.36. The third-order valence-electron chi connectivity index (χ3n) is 2.95. The normalized spacial score (nSPS) is 13.7. The minimum absolute atomic E-state index is 0.661. The number of likely N-dealkylation sites (N-methyl/N-ethyl adjacent to an activating group) is 1. The monoisotopic (exact) mass is 281 g/mol. The summed E-state index contributed by atoms with van der Waals surface area (Å²) in [5.41, 5.74) is 0. The predicted octanol–water partition coefficient (Wildman–Crippen LogP) is 3.28. The Bertz CT molecular complexity index is 332. The summed E-state index contributed by atoms with van der Waals surface area (Å²) in [6.07, 6.45) is 1.79. The van der Waals surface area contributed by atoms with Crippen molar-refractivity contribution >= 4 is 5.82 Å². The number of anilines is 1. The van der Waals surface area contributed by atoms with Gasteiger partial charge in [-0.1, -0.05) is 27.7 Å². The van der Waals surface area contributed by atoms with Crippen LogP contribution in [0.3, 0.4) is 0 Å². The van der Waals surface area contributed by atoms with E-state index in [4.69, 9.17) is 4.74 Å². The van der Waals surface area contributed by atoms with E-state index < -0.39 is 0 Å². The summed E-state index contributed by atoms with van der Waals surface area (Å²) in [5, 5.41) is 0. The summed E-state index contributed by atoms with van der Waals surface area (Å²) >= 11 is 0. The molecule has 0 atom stereocenters. The quantitative estimate of drug-likeness (QED) is 0.847. The molecule has 1 aliphatic heterocycles. The summed E-state index contributed by atoms with van der Waals surface area (Å²) in [6.45, 7) is 12.8. The predicted molar refractivity (Wildman–Crippen MR) is 87.8 cm³/mol. The van der Waals surface area contributed by atoms with E-state index in [9.17, 15) is 0 Å². The zero-order valence-corrected chi connectivity index (χ0v) is 14.2. The highest BCUT2D eigenvalue weighted by molar-refractivity contribution is 5.44. The first-order valence-electron chi connectivity index (χ1n) is 7.71. The van der Waals surface area contributed by atoms with Crippen molar-refractivity contribution in [1.29, 1.82) is 0 Å². The van der Waals surface area contributed by atoms with Crippen molar-refractivity contribution in [2.24, 2.45) is 0 Å². The maximum Gasteiger partial charge on any atom is 0.137 e. The van der Waals surface area contributed by atoms with Crippen LogP contribution in [0.1, 0.15) is 34.6 Å². The van der Waals surface area contributed by atoms with Crippen molar-refractivity contribution in [3.63, 3.8) is 0 Å². The van der Waals surface area contributed by atoms with Crippen LogP contribution in [0.2, 0.25) is 0 Å². The van der Waals surface area contributed by atoms with E-state index >= 15 is 0 Å². The van der Waals surface area contributed by atoms with E-state index in [0.29, 0.717) is 12.6 Å². The molecule has 0 amide bonds. The highest BCUT2D eigenvalue weighted by atomic mass is 16.5. The van der Waals surface area contributed by atoms with Gasteiger partial charge >= 0.3 is 0 Å². The number of pyridine rings is 1. The van der Waals surface area contributed by atoms with Crippen LogP contribution in [0, 0.1) is 0 Å². The van der Waals surface area contributed by atoms with Crippen molar-refractivity contribution in [3.05, 3.63) is 18.3 Å². The largest absolute Gasteiger partial charge is 0.492 e. The molecule has 4 heteroatoms. The molecule has 0 saturated carbocycles. The van der Waals surface area contributed by atoms with Crippen LogP contribution in [0.5, 0.6) is 5.75 Å². The Morgan fingerprint density at radius 3 is 2.20 bits per heavy atom. The van der Waals surface area contributed by atoms with E-state index in [1.165, 1.54) is 0 Å². The van der Waals surface area contributed by atoms with Gasteiger partial charge in [0.15, 0.2) is 0 Å². The van der Waals surface area contributed by atoms with Gasteiger partial charge in [-0.2, -0.15) is 0 Å². The molecule has 2 heterocycles. The highest BCUT2D eigenvalue weighted by Crippen LogP contribution is 2.22. The van der Waals surface area contributed by atoms with Crippen molar-refractivity contribution in [2.75, 3.05) is 38.7 Å². The molecule has 4 nitrogen and oxygen atoms in total. The fourth-order valence-corrected chi connectivity index (χ4v) is 1.78. The van der Waals surface area contributed by atoms with Crippen molar-refractivity contribution < 1.29 is 4.74 Å². The summed E-state index contributed by atoms with van der Waals surface area (Å²) in [6, 6.07) is 4.67. The molecule has 1 saturated heterocycles. The molecule has 0 aliphatic carbocycles. The Kier molecular flexibility index (Phi) is 9.82. The first kappa shape index (κ1) is 18.7. The second-order valence-corrected chi connectivity index (χ2v) is 4.31. The van der Waals surface area contributed by atoms with Crippen molar-refractivity contribution in [2.45, 2.75) is 40.7 Å². The number of rotatable bonds is 4. The third-order valence-corrected chi connectivity index (χ3v) is 2.95. The second kappa shape index (κ2) is 10.5. The Morgan fingerprint density at radius 1 is 1.20 bits per heavy atom. The summed E-state index contributed by atoms with van der Waals surface area (Å²) in [5.74, 6) is 1.89. The molecular formula is C16H31N3O.